The molecule has 4 N–H and O–H groups in total. The summed E-state index contributed by atoms with van der Waals surface area (Å²) >= 11 is 0. The van der Waals surface area contributed by atoms with Gasteiger partial charge in [-0.15, -0.1) is 0 Å². The Labute approximate surface area is 423 Å². The molecule has 2 heterocycles. The number of nitrogens with zero attached hydrogens (tertiary/aromatic N) is 2. The zero-order valence-electron chi connectivity index (χ0n) is 44.3. The van der Waals surface area contributed by atoms with E-state index < -0.39 is 13.9 Å². The highest BCUT2D eigenvalue weighted by Gasteiger charge is 2.40. The van der Waals surface area contributed by atoms with Crippen LogP contribution in [0.5, 0.6) is 23.0 Å². The summed E-state index contributed by atoms with van der Waals surface area (Å²) in [5, 5.41) is 0.0424. The second-order valence-electron chi connectivity index (χ2n) is 21.2. The van der Waals surface area contributed by atoms with Gasteiger partial charge < -0.3 is 58.9 Å². The number of amides is 2. The minimum atomic E-state index is -2.04. The van der Waals surface area contributed by atoms with Crippen LogP contribution in [0, 0.1) is 6.92 Å². The molecule has 0 aromatic heterocycles. The molecule has 0 spiro atoms. The number of hydrogen-bond acceptors (Lipinski definition) is 13. The largest absolute Gasteiger partial charge is 0.493 e. The van der Waals surface area contributed by atoms with Gasteiger partial charge in [0.1, 0.15) is 36.9 Å². The number of aryl methyl sites for hydroxylation is 1. The lowest BCUT2D eigenvalue weighted by Crippen LogP contribution is -2.46. The summed E-state index contributed by atoms with van der Waals surface area (Å²) in [6.45, 7) is 32.2. The van der Waals surface area contributed by atoms with Crippen LogP contribution in [-0.4, -0.2) is 113 Å². The molecule has 2 amide bonds. The highest BCUT2D eigenvalue weighted by molar-refractivity contribution is 6.74. The Balaban J connectivity index is 1.26. The topological polar surface area (TPSA) is 184 Å². The van der Waals surface area contributed by atoms with Crippen LogP contribution in [0.4, 0.5) is 11.4 Å². The van der Waals surface area contributed by atoms with Crippen LogP contribution in [-0.2, 0) is 36.6 Å². The highest BCUT2D eigenvalue weighted by Crippen LogP contribution is 2.39. The van der Waals surface area contributed by atoms with Crippen LogP contribution in [0.1, 0.15) is 118 Å². The molecule has 71 heavy (non-hydrogen) atoms. The van der Waals surface area contributed by atoms with E-state index in [2.05, 4.69) is 53.9 Å². The Morgan fingerprint density at radius 1 is 0.704 bits per heavy atom. The molecule has 2 atom stereocenters. The van der Waals surface area contributed by atoms with Gasteiger partial charge in [-0.2, -0.15) is 0 Å². The third-order valence-electron chi connectivity index (χ3n) is 13.1. The first-order chi connectivity index (χ1) is 33.4. The number of ether oxygens (including phenoxy) is 7. The highest BCUT2D eigenvalue weighted by atomic mass is 28.4. The van der Waals surface area contributed by atoms with E-state index in [1.807, 2.05) is 55.7 Å². The monoisotopic (exact) mass is 1000 g/mol. The van der Waals surface area contributed by atoms with E-state index in [0.29, 0.717) is 105 Å². The number of carbonyl (C=O) groups is 3. The fourth-order valence-corrected chi connectivity index (χ4v) is 9.25. The number of nitrogen functional groups attached to an aromatic ring is 2. The maximum absolute atomic E-state index is 14.1. The Morgan fingerprint density at radius 2 is 1.24 bits per heavy atom. The van der Waals surface area contributed by atoms with Crippen molar-refractivity contribution in [3.8, 4) is 23.0 Å². The average molecular weight is 1000 g/mol. The predicted molar refractivity (Wildman–Crippen MR) is 281 cm³/mol. The smallest absolute Gasteiger partial charge is 0.306 e. The number of likely N-dealkylation sites (tertiary alicyclic amines) is 2. The SMILES string of the molecule is C=C1CC(CO[Si](C)(C)C(C)(C)C)N(C(=O)c2cc(C)c(OCc3cc(COc4cc(N)c(C(=O)N5CC(=C)C[C@H]5CC)cc4OC)cc(OCCOCCOCCCC(=O)OC(C)(C)C)c3)cc2N)C1. The zero-order chi connectivity index (χ0) is 52.3. The van der Waals surface area contributed by atoms with E-state index in [1.54, 1.807) is 24.3 Å². The van der Waals surface area contributed by atoms with Gasteiger partial charge in [0.2, 0.25) is 0 Å². The zero-order valence-corrected chi connectivity index (χ0v) is 45.3. The molecule has 15 nitrogen and oxygen atoms in total. The molecule has 3 aromatic carbocycles. The molecule has 2 aliphatic rings. The molecular weight excluding hydrogens is 921 g/mol. The molecule has 16 heteroatoms. The maximum atomic E-state index is 14.1. The molecule has 2 fully saturated rings. The number of hydrogen-bond donors (Lipinski definition) is 2. The fourth-order valence-electron chi connectivity index (χ4n) is 8.21. The summed E-state index contributed by atoms with van der Waals surface area (Å²) in [6.07, 6.45) is 3.12. The number of anilines is 2. The van der Waals surface area contributed by atoms with Gasteiger partial charge in [0.15, 0.2) is 19.8 Å². The first kappa shape index (κ1) is 56.4. The Bertz CT molecular complexity index is 2370. The summed E-state index contributed by atoms with van der Waals surface area (Å²) in [5.74, 6) is 1.25. The van der Waals surface area contributed by atoms with Crippen molar-refractivity contribution in [3.05, 3.63) is 94.6 Å². The average Bonchev–Trinajstić information content (AvgIpc) is 3.87. The number of rotatable bonds is 24. The number of methoxy groups -OCH3 is 1. The van der Waals surface area contributed by atoms with Gasteiger partial charge in [-0.05, 0) is 119 Å². The lowest BCUT2D eigenvalue weighted by atomic mass is 10.1. The molecule has 2 saturated heterocycles. The van der Waals surface area contributed by atoms with Gasteiger partial charge in [-0.1, -0.05) is 52.0 Å². The van der Waals surface area contributed by atoms with Crippen molar-refractivity contribution >= 4 is 37.5 Å². The maximum Gasteiger partial charge on any atom is 0.306 e. The van der Waals surface area contributed by atoms with Crippen molar-refractivity contribution in [2.75, 3.05) is 71.3 Å². The van der Waals surface area contributed by atoms with E-state index in [-0.39, 0.29) is 60.4 Å². The third kappa shape index (κ3) is 16.0. The molecule has 3 aromatic rings. The van der Waals surface area contributed by atoms with Gasteiger partial charge in [-0.25, -0.2) is 0 Å². The molecule has 1 unspecified atom stereocenters. The summed E-state index contributed by atoms with van der Waals surface area (Å²) in [7, 11) is -0.520. The molecule has 0 aliphatic carbocycles. The van der Waals surface area contributed by atoms with Crippen LogP contribution < -0.4 is 30.4 Å². The van der Waals surface area contributed by atoms with Crippen molar-refractivity contribution in [2.24, 2.45) is 0 Å². The molecule has 390 valence electrons. The number of esters is 1. The van der Waals surface area contributed by atoms with Crippen LogP contribution in [0.25, 0.3) is 0 Å². The molecule has 0 radical (unpaired) electrons. The van der Waals surface area contributed by atoms with Crippen LogP contribution in [0.15, 0.2) is 66.8 Å². The molecule has 0 saturated carbocycles. The summed E-state index contributed by atoms with van der Waals surface area (Å²) in [6, 6.07) is 12.4. The third-order valence-corrected chi connectivity index (χ3v) is 17.6. The van der Waals surface area contributed by atoms with Gasteiger partial charge in [-0.3, -0.25) is 14.4 Å². The second kappa shape index (κ2) is 24.7. The Kier molecular flexibility index (Phi) is 19.6. The van der Waals surface area contributed by atoms with Crippen LogP contribution in [0.2, 0.25) is 18.1 Å². The number of carbonyl (C=O) groups excluding carboxylic acids is 3. The second-order valence-corrected chi connectivity index (χ2v) is 26.0. The minimum absolute atomic E-state index is 0.0424. The first-order valence-electron chi connectivity index (χ1n) is 24.7. The Morgan fingerprint density at radius 3 is 1.82 bits per heavy atom. The van der Waals surface area contributed by atoms with Crippen LogP contribution >= 0.6 is 0 Å². The van der Waals surface area contributed by atoms with E-state index in [9.17, 15) is 14.4 Å². The molecule has 5 rings (SSSR count). The molecule has 0 bridgehead atoms. The summed E-state index contributed by atoms with van der Waals surface area (Å²) < 4.78 is 47.9. The van der Waals surface area contributed by atoms with Crippen molar-refractivity contribution in [3.63, 3.8) is 0 Å². The molecule has 2 aliphatic heterocycles. The lowest BCUT2D eigenvalue weighted by Gasteiger charge is -2.38. The van der Waals surface area contributed by atoms with E-state index in [0.717, 1.165) is 40.7 Å². The Hall–Kier alpha value is -5.55. The molecular formula is C55H80N4O11Si. The van der Waals surface area contributed by atoms with E-state index in [1.165, 1.54) is 7.11 Å². The van der Waals surface area contributed by atoms with Crippen molar-refractivity contribution < 1.29 is 52.0 Å². The minimum Gasteiger partial charge on any atom is -0.493 e. The van der Waals surface area contributed by atoms with Crippen molar-refractivity contribution in [2.45, 2.75) is 137 Å². The normalized spacial score (nSPS) is 16.4. The van der Waals surface area contributed by atoms with Crippen LogP contribution in [0.3, 0.4) is 0 Å². The predicted octanol–water partition coefficient (Wildman–Crippen LogP) is 9.83. The first-order valence-corrected chi connectivity index (χ1v) is 27.7. The van der Waals surface area contributed by atoms with E-state index in [4.69, 9.17) is 49.1 Å². The van der Waals surface area contributed by atoms with Crippen molar-refractivity contribution in [1.82, 2.24) is 9.80 Å². The van der Waals surface area contributed by atoms with Gasteiger partial charge in [0.25, 0.3) is 11.8 Å². The van der Waals surface area contributed by atoms with Gasteiger partial charge in [0.05, 0.1) is 50.7 Å². The van der Waals surface area contributed by atoms with Gasteiger partial charge >= 0.3 is 5.97 Å². The fraction of sp³-hybridized carbons (Fsp3) is 0.545. The summed E-state index contributed by atoms with van der Waals surface area (Å²) in [4.78, 5) is 43.4. The number of benzene rings is 3. The standard InChI is InChI=1S/C55H80N4O11Si/c1-14-41-22-36(2)31-58(41)53(62)45-28-49(63-11)50(30-47(45)57)68-34-40-25-39(26-43(27-40)66-21-20-65-19-18-64-17-15-16-51(60)70-54(5,6)7)33-67-48-29-46(56)44(24-38(48)4)52(61)59-32-37(3)23-42(59)35-69-71(12,13)55(8,9)10/h24-30,41-42H,2-3,14-23,31-35,56-57H2,1,4-13H3/t41-,42?/m1/s1. The summed E-state index contributed by atoms with van der Waals surface area (Å²) in [5.41, 5.74) is 18.3. The van der Waals surface area contributed by atoms with Gasteiger partial charge in [0, 0.05) is 55.7 Å². The quantitative estimate of drug-likeness (QED) is 0.0285. The van der Waals surface area contributed by atoms with E-state index >= 15 is 0 Å². The lowest BCUT2D eigenvalue weighted by molar-refractivity contribution is -0.155. The van der Waals surface area contributed by atoms with Crippen molar-refractivity contribution in [1.29, 1.82) is 0 Å². The number of nitrogens with two attached hydrogens (primary N) is 2.